The summed E-state index contributed by atoms with van der Waals surface area (Å²) in [4.78, 5) is 6.89. The van der Waals surface area contributed by atoms with Gasteiger partial charge >= 0.3 is 0 Å². The molecule has 16 heavy (non-hydrogen) atoms. The maximum absolute atomic E-state index is 5.53. The van der Waals surface area contributed by atoms with Crippen LogP contribution in [0.1, 0.15) is 19.8 Å². The molecule has 0 aliphatic rings. The van der Waals surface area contributed by atoms with Crippen molar-refractivity contribution in [2.24, 2.45) is 5.73 Å². The van der Waals surface area contributed by atoms with Crippen molar-refractivity contribution in [1.29, 1.82) is 0 Å². The first-order valence-electron chi connectivity index (χ1n) is 5.54. The molecule has 1 aromatic rings. The number of thiocarbonyl (C=S) groups is 1. The highest BCUT2D eigenvalue weighted by Crippen LogP contribution is 2.03. The van der Waals surface area contributed by atoms with Gasteiger partial charge in [0.1, 0.15) is 0 Å². The Bertz CT molecular complexity index is 310. The zero-order valence-corrected chi connectivity index (χ0v) is 10.8. The maximum Gasteiger partial charge on any atom is 0.0945 e. The fourth-order valence-electron chi connectivity index (χ4n) is 1.59. The van der Waals surface area contributed by atoms with Gasteiger partial charge in [-0.1, -0.05) is 12.2 Å². The topological polar surface area (TPSA) is 47.1 Å². The monoisotopic (exact) mass is 240 g/mol. The summed E-state index contributed by atoms with van der Waals surface area (Å²) < 4.78 is 2.09. The fraction of sp³-hybridized carbons (Fsp3) is 0.636. The summed E-state index contributed by atoms with van der Waals surface area (Å²) in [6.07, 6.45) is 7.53. The molecule has 1 heterocycles. The first-order valence-corrected chi connectivity index (χ1v) is 5.94. The Balaban J connectivity index is 2.19. The zero-order valence-electron chi connectivity index (χ0n) is 9.97. The van der Waals surface area contributed by atoms with E-state index in [1.54, 1.807) is 6.20 Å². The van der Waals surface area contributed by atoms with Crippen molar-refractivity contribution in [2.45, 2.75) is 32.4 Å². The minimum absolute atomic E-state index is 0.417. The molecule has 0 spiro atoms. The minimum Gasteiger partial charge on any atom is -0.393 e. The molecule has 0 saturated heterocycles. The average molecular weight is 240 g/mol. The lowest BCUT2D eigenvalue weighted by Crippen LogP contribution is -2.33. The number of aromatic nitrogens is 2. The molecule has 1 aromatic heterocycles. The molecule has 1 atom stereocenters. The van der Waals surface area contributed by atoms with E-state index < -0.39 is 0 Å². The van der Waals surface area contributed by atoms with Crippen molar-refractivity contribution in [3.63, 3.8) is 0 Å². The third-order valence-electron chi connectivity index (χ3n) is 2.74. The van der Waals surface area contributed by atoms with Gasteiger partial charge in [0.2, 0.25) is 0 Å². The van der Waals surface area contributed by atoms with E-state index in [9.17, 15) is 0 Å². The second-order valence-electron chi connectivity index (χ2n) is 4.15. The fourth-order valence-corrected chi connectivity index (χ4v) is 1.83. The highest BCUT2D eigenvalue weighted by Gasteiger charge is 2.09. The number of imidazole rings is 1. The summed E-state index contributed by atoms with van der Waals surface area (Å²) in [6, 6.07) is 0.417. The Kier molecular flexibility index (Phi) is 5.42. The van der Waals surface area contributed by atoms with E-state index in [0.717, 1.165) is 25.9 Å². The van der Waals surface area contributed by atoms with Gasteiger partial charge in [0.25, 0.3) is 0 Å². The van der Waals surface area contributed by atoms with Crippen molar-refractivity contribution < 1.29 is 0 Å². The van der Waals surface area contributed by atoms with E-state index in [2.05, 4.69) is 28.4 Å². The van der Waals surface area contributed by atoms with Gasteiger partial charge in [0, 0.05) is 31.4 Å². The summed E-state index contributed by atoms with van der Waals surface area (Å²) in [7, 11) is 2.11. The van der Waals surface area contributed by atoms with Crippen molar-refractivity contribution >= 4 is 17.2 Å². The highest BCUT2D eigenvalue weighted by molar-refractivity contribution is 7.80. The molecule has 0 bridgehead atoms. The number of nitrogens with zero attached hydrogens (tertiary/aromatic N) is 3. The first-order chi connectivity index (χ1) is 7.59. The normalized spacial score (nSPS) is 12.9. The van der Waals surface area contributed by atoms with E-state index >= 15 is 0 Å². The van der Waals surface area contributed by atoms with Crippen LogP contribution in [0.4, 0.5) is 0 Å². The molecule has 0 aliphatic carbocycles. The standard InChI is InChI=1S/C11H20N4S/c1-10(8-11(12)16)14(2)5-3-6-15-7-4-13-9-15/h4,7,9-10H,3,5-6,8H2,1-2H3,(H2,12,16). The SMILES string of the molecule is CC(CC(N)=S)N(C)CCCn1ccnc1. The smallest absolute Gasteiger partial charge is 0.0945 e. The predicted octanol–water partition coefficient (Wildman–Crippen LogP) is 1.27. The van der Waals surface area contributed by atoms with Crippen molar-refractivity contribution in [3.05, 3.63) is 18.7 Å². The molecule has 0 aromatic carbocycles. The van der Waals surface area contributed by atoms with Gasteiger partial charge in [0.05, 0.1) is 11.3 Å². The molecule has 5 heteroatoms. The molecular weight excluding hydrogens is 220 g/mol. The van der Waals surface area contributed by atoms with Gasteiger partial charge in [-0.2, -0.15) is 0 Å². The molecular formula is C11H20N4S. The van der Waals surface area contributed by atoms with Crippen LogP contribution in [0.5, 0.6) is 0 Å². The zero-order chi connectivity index (χ0) is 12.0. The highest BCUT2D eigenvalue weighted by atomic mass is 32.1. The molecule has 1 rings (SSSR count). The van der Waals surface area contributed by atoms with Crippen LogP contribution in [-0.4, -0.2) is 39.1 Å². The van der Waals surface area contributed by atoms with E-state index in [0.29, 0.717) is 11.0 Å². The lowest BCUT2D eigenvalue weighted by atomic mass is 10.2. The van der Waals surface area contributed by atoms with Gasteiger partial charge in [-0.25, -0.2) is 4.98 Å². The van der Waals surface area contributed by atoms with E-state index in [4.69, 9.17) is 18.0 Å². The molecule has 0 amide bonds. The third kappa shape index (κ3) is 4.72. The Labute approximate surface area is 102 Å². The van der Waals surface area contributed by atoms with Gasteiger partial charge in [-0.05, 0) is 26.9 Å². The molecule has 2 N–H and O–H groups in total. The van der Waals surface area contributed by atoms with Crippen molar-refractivity contribution in [2.75, 3.05) is 13.6 Å². The molecule has 0 saturated carbocycles. The maximum atomic E-state index is 5.53. The Morgan fingerprint density at radius 1 is 1.62 bits per heavy atom. The largest absolute Gasteiger partial charge is 0.393 e. The Hall–Kier alpha value is -0.940. The summed E-state index contributed by atoms with van der Waals surface area (Å²) in [5.41, 5.74) is 5.53. The molecule has 1 unspecified atom stereocenters. The molecule has 0 aliphatic heterocycles. The summed E-state index contributed by atoms with van der Waals surface area (Å²) >= 11 is 4.91. The van der Waals surface area contributed by atoms with Crippen LogP contribution in [0, 0.1) is 0 Å². The second kappa shape index (κ2) is 6.60. The first kappa shape index (κ1) is 13.1. The van der Waals surface area contributed by atoms with Gasteiger partial charge in [0.15, 0.2) is 0 Å². The van der Waals surface area contributed by atoms with Crippen LogP contribution in [-0.2, 0) is 6.54 Å². The van der Waals surface area contributed by atoms with Crippen LogP contribution in [0.25, 0.3) is 0 Å². The summed E-state index contributed by atoms with van der Waals surface area (Å²) in [5, 5.41) is 0. The molecule has 0 radical (unpaired) electrons. The number of hydrogen-bond acceptors (Lipinski definition) is 3. The number of nitrogens with two attached hydrogens (primary N) is 1. The van der Waals surface area contributed by atoms with Gasteiger partial charge in [-0.15, -0.1) is 0 Å². The van der Waals surface area contributed by atoms with E-state index in [1.807, 2.05) is 12.5 Å². The Morgan fingerprint density at radius 3 is 2.94 bits per heavy atom. The lowest BCUT2D eigenvalue weighted by Gasteiger charge is -2.24. The predicted molar refractivity (Wildman–Crippen MR) is 70.3 cm³/mol. The number of rotatable bonds is 7. The molecule has 90 valence electrons. The third-order valence-corrected chi connectivity index (χ3v) is 2.90. The van der Waals surface area contributed by atoms with Crippen molar-refractivity contribution in [1.82, 2.24) is 14.5 Å². The number of hydrogen-bond donors (Lipinski definition) is 1. The minimum atomic E-state index is 0.417. The molecule has 0 fully saturated rings. The van der Waals surface area contributed by atoms with Gasteiger partial charge < -0.3 is 15.2 Å². The van der Waals surface area contributed by atoms with E-state index in [1.165, 1.54) is 0 Å². The average Bonchev–Trinajstić information content (AvgIpc) is 2.69. The Morgan fingerprint density at radius 2 is 2.38 bits per heavy atom. The van der Waals surface area contributed by atoms with Crippen LogP contribution in [0.2, 0.25) is 0 Å². The van der Waals surface area contributed by atoms with Gasteiger partial charge in [-0.3, -0.25) is 0 Å². The molecule has 4 nitrogen and oxygen atoms in total. The summed E-state index contributed by atoms with van der Waals surface area (Å²) in [6.45, 7) is 4.20. The number of aryl methyl sites for hydroxylation is 1. The lowest BCUT2D eigenvalue weighted by molar-refractivity contribution is 0.255. The van der Waals surface area contributed by atoms with Crippen LogP contribution < -0.4 is 5.73 Å². The van der Waals surface area contributed by atoms with Crippen LogP contribution in [0.15, 0.2) is 18.7 Å². The van der Waals surface area contributed by atoms with Crippen molar-refractivity contribution in [3.8, 4) is 0 Å². The van der Waals surface area contributed by atoms with E-state index in [-0.39, 0.29) is 0 Å². The van der Waals surface area contributed by atoms with Crippen LogP contribution in [0.3, 0.4) is 0 Å². The van der Waals surface area contributed by atoms with Crippen LogP contribution >= 0.6 is 12.2 Å². The quantitative estimate of drug-likeness (QED) is 0.729. The summed E-state index contributed by atoms with van der Waals surface area (Å²) in [5.74, 6) is 0. The second-order valence-corrected chi connectivity index (χ2v) is 4.68.